The number of aromatic nitrogens is 2. The average molecular weight is 261 g/mol. The highest BCUT2D eigenvalue weighted by atomic mass is 16.5. The number of ether oxygens (including phenoxy) is 2. The van der Waals surface area contributed by atoms with Gasteiger partial charge in [-0.1, -0.05) is 6.92 Å². The van der Waals surface area contributed by atoms with E-state index in [4.69, 9.17) is 15.2 Å². The Morgan fingerprint density at radius 2 is 1.84 bits per heavy atom. The van der Waals surface area contributed by atoms with Crippen molar-refractivity contribution in [1.29, 1.82) is 0 Å². The molecule has 5 heteroatoms. The number of hydrogen-bond donors (Lipinski definition) is 1. The highest BCUT2D eigenvalue weighted by Crippen LogP contribution is 2.30. The molecule has 0 bridgehead atoms. The Morgan fingerprint density at radius 3 is 2.42 bits per heavy atom. The fourth-order valence-electron chi connectivity index (χ4n) is 1.80. The Hall–Kier alpha value is -2.17. The lowest BCUT2D eigenvalue weighted by Gasteiger charge is -2.09. The number of hydrogen-bond acceptors (Lipinski definition) is 4. The second-order valence-electron chi connectivity index (χ2n) is 4.30. The van der Waals surface area contributed by atoms with Crippen LogP contribution in [0.2, 0.25) is 0 Å². The number of anilines is 1. The minimum Gasteiger partial charge on any atom is -0.497 e. The fraction of sp³-hybridized carbons (Fsp3) is 0.357. The van der Waals surface area contributed by atoms with Gasteiger partial charge < -0.3 is 15.2 Å². The molecule has 2 N–H and O–H groups in total. The van der Waals surface area contributed by atoms with Crippen LogP contribution in [0.5, 0.6) is 17.4 Å². The van der Waals surface area contributed by atoms with Gasteiger partial charge in [-0.3, -0.25) is 0 Å². The van der Waals surface area contributed by atoms with Crippen LogP contribution in [0.15, 0.2) is 24.3 Å². The molecule has 0 aliphatic rings. The zero-order chi connectivity index (χ0) is 13.8. The second kappa shape index (κ2) is 5.65. The third-order valence-corrected chi connectivity index (χ3v) is 2.83. The van der Waals surface area contributed by atoms with Crippen LogP contribution < -0.4 is 15.2 Å². The molecular formula is C14H19N3O2. The Morgan fingerprint density at radius 1 is 1.21 bits per heavy atom. The van der Waals surface area contributed by atoms with Crippen molar-refractivity contribution in [2.75, 3.05) is 12.8 Å². The van der Waals surface area contributed by atoms with Crippen molar-refractivity contribution in [3.63, 3.8) is 0 Å². The van der Waals surface area contributed by atoms with Gasteiger partial charge >= 0.3 is 0 Å². The molecule has 0 aliphatic carbocycles. The van der Waals surface area contributed by atoms with Crippen LogP contribution in [0.4, 0.5) is 5.69 Å². The number of nitrogens with zero attached hydrogens (tertiary/aromatic N) is 2. The first-order valence-electron chi connectivity index (χ1n) is 6.30. The van der Waals surface area contributed by atoms with E-state index in [1.807, 2.05) is 31.2 Å². The lowest BCUT2D eigenvalue weighted by molar-refractivity contribution is 0.402. The molecule has 0 amide bonds. The summed E-state index contributed by atoms with van der Waals surface area (Å²) >= 11 is 0. The maximum Gasteiger partial charge on any atom is 0.241 e. The summed E-state index contributed by atoms with van der Waals surface area (Å²) in [7, 11) is 1.63. The van der Waals surface area contributed by atoms with E-state index in [1.165, 1.54) is 0 Å². The summed E-state index contributed by atoms with van der Waals surface area (Å²) in [5.74, 6) is 2.10. The molecule has 102 valence electrons. The van der Waals surface area contributed by atoms with E-state index >= 15 is 0 Å². The van der Waals surface area contributed by atoms with Crippen LogP contribution in [0, 0.1) is 6.92 Å². The zero-order valence-electron chi connectivity index (χ0n) is 11.5. The van der Waals surface area contributed by atoms with Crippen LogP contribution in [-0.2, 0) is 6.54 Å². The Balaban J connectivity index is 2.26. The maximum atomic E-state index is 6.00. The van der Waals surface area contributed by atoms with E-state index in [0.717, 1.165) is 24.4 Å². The Labute approximate surface area is 112 Å². The van der Waals surface area contributed by atoms with Crippen LogP contribution in [0.3, 0.4) is 0 Å². The molecule has 1 aromatic heterocycles. The Bertz CT molecular complexity index is 547. The van der Waals surface area contributed by atoms with Gasteiger partial charge in [0.25, 0.3) is 0 Å². The molecule has 0 fully saturated rings. The van der Waals surface area contributed by atoms with Gasteiger partial charge in [-0.2, -0.15) is 5.10 Å². The van der Waals surface area contributed by atoms with Gasteiger partial charge in [0.05, 0.1) is 12.8 Å². The molecule has 0 spiro atoms. The zero-order valence-corrected chi connectivity index (χ0v) is 11.5. The number of methoxy groups -OCH3 is 1. The first-order valence-corrected chi connectivity index (χ1v) is 6.30. The van der Waals surface area contributed by atoms with Crippen molar-refractivity contribution in [2.45, 2.75) is 26.8 Å². The van der Waals surface area contributed by atoms with E-state index in [2.05, 4.69) is 12.0 Å². The standard InChI is InChI=1S/C14H19N3O2/c1-4-9-17-14(13(15)10(2)16-17)19-12-7-5-11(18-3)6-8-12/h5-8H,4,9,15H2,1-3H3. The first kappa shape index (κ1) is 13.3. The molecule has 0 atom stereocenters. The lowest BCUT2D eigenvalue weighted by atomic mass is 10.3. The van der Waals surface area contributed by atoms with E-state index in [0.29, 0.717) is 17.3 Å². The number of nitrogens with two attached hydrogens (primary N) is 1. The first-order chi connectivity index (χ1) is 9.15. The van der Waals surface area contributed by atoms with Gasteiger partial charge in [0.2, 0.25) is 5.88 Å². The number of nitrogen functional groups attached to an aromatic ring is 1. The minimum atomic E-state index is 0.587. The molecule has 2 rings (SSSR count). The number of benzene rings is 1. The summed E-state index contributed by atoms with van der Waals surface area (Å²) in [6, 6.07) is 7.38. The van der Waals surface area contributed by atoms with E-state index in [-0.39, 0.29) is 0 Å². The van der Waals surface area contributed by atoms with Crippen molar-refractivity contribution < 1.29 is 9.47 Å². The third-order valence-electron chi connectivity index (χ3n) is 2.83. The minimum absolute atomic E-state index is 0.587. The summed E-state index contributed by atoms with van der Waals surface area (Å²) in [5.41, 5.74) is 7.38. The SMILES string of the molecule is CCCn1nc(C)c(N)c1Oc1ccc(OC)cc1. The van der Waals surface area contributed by atoms with E-state index in [1.54, 1.807) is 11.8 Å². The molecular weight excluding hydrogens is 242 g/mol. The summed E-state index contributed by atoms with van der Waals surface area (Å²) in [6.07, 6.45) is 0.972. The maximum absolute atomic E-state index is 6.00. The van der Waals surface area contributed by atoms with Crippen molar-refractivity contribution in [2.24, 2.45) is 0 Å². The van der Waals surface area contributed by atoms with Gasteiger partial charge in [-0.15, -0.1) is 0 Å². The quantitative estimate of drug-likeness (QED) is 0.898. The summed E-state index contributed by atoms with van der Waals surface area (Å²) in [6.45, 7) is 4.75. The van der Waals surface area contributed by atoms with Crippen LogP contribution >= 0.6 is 0 Å². The van der Waals surface area contributed by atoms with Gasteiger partial charge in [0, 0.05) is 6.54 Å². The molecule has 2 aromatic rings. The van der Waals surface area contributed by atoms with Crippen LogP contribution in [-0.4, -0.2) is 16.9 Å². The normalized spacial score (nSPS) is 10.5. The summed E-state index contributed by atoms with van der Waals surface area (Å²) < 4.78 is 12.7. The molecule has 1 heterocycles. The predicted molar refractivity (Wildman–Crippen MR) is 74.7 cm³/mol. The van der Waals surface area contributed by atoms with Gasteiger partial charge in [-0.25, -0.2) is 4.68 Å². The molecule has 0 saturated carbocycles. The van der Waals surface area contributed by atoms with Crippen molar-refractivity contribution in [3.05, 3.63) is 30.0 Å². The summed E-state index contributed by atoms with van der Waals surface area (Å²) in [5, 5.41) is 4.37. The molecule has 0 radical (unpaired) electrons. The van der Waals surface area contributed by atoms with Crippen molar-refractivity contribution in [3.8, 4) is 17.4 Å². The molecule has 0 unspecified atom stereocenters. The molecule has 0 saturated heterocycles. The van der Waals surface area contributed by atoms with Crippen LogP contribution in [0.1, 0.15) is 19.0 Å². The lowest BCUT2D eigenvalue weighted by Crippen LogP contribution is -2.02. The van der Waals surface area contributed by atoms with Gasteiger partial charge in [0.15, 0.2) is 0 Å². The predicted octanol–water partition coefficient (Wildman–Crippen LogP) is 2.98. The van der Waals surface area contributed by atoms with E-state index in [9.17, 15) is 0 Å². The summed E-state index contributed by atoms with van der Waals surface area (Å²) in [4.78, 5) is 0. The van der Waals surface area contributed by atoms with Crippen LogP contribution in [0.25, 0.3) is 0 Å². The van der Waals surface area contributed by atoms with Crippen molar-refractivity contribution in [1.82, 2.24) is 9.78 Å². The Kier molecular flexibility index (Phi) is 3.94. The van der Waals surface area contributed by atoms with Gasteiger partial charge in [0.1, 0.15) is 17.2 Å². The van der Waals surface area contributed by atoms with Crippen molar-refractivity contribution >= 4 is 5.69 Å². The average Bonchev–Trinajstić information content (AvgIpc) is 2.68. The number of aryl methyl sites for hydroxylation is 2. The molecule has 1 aromatic carbocycles. The second-order valence-corrected chi connectivity index (χ2v) is 4.30. The highest BCUT2D eigenvalue weighted by molar-refractivity contribution is 5.54. The monoisotopic (exact) mass is 261 g/mol. The largest absolute Gasteiger partial charge is 0.497 e. The van der Waals surface area contributed by atoms with E-state index < -0.39 is 0 Å². The van der Waals surface area contributed by atoms with Gasteiger partial charge in [-0.05, 0) is 37.6 Å². The topological polar surface area (TPSA) is 62.3 Å². The molecule has 5 nitrogen and oxygen atoms in total. The number of rotatable bonds is 5. The smallest absolute Gasteiger partial charge is 0.241 e. The third kappa shape index (κ3) is 2.81. The fourth-order valence-corrected chi connectivity index (χ4v) is 1.80. The molecule has 19 heavy (non-hydrogen) atoms. The highest BCUT2D eigenvalue weighted by Gasteiger charge is 2.14. The molecule has 0 aliphatic heterocycles.